The average molecular weight is 267 g/mol. The summed E-state index contributed by atoms with van der Waals surface area (Å²) < 4.78 is 0. The summed E-state index contributed by atoms with van der Waals surface area (Å²) >= 11 is 0. The zero-order valence-corrected chi connectivity index (χ0v) is 10.9. The summed E-state index contributed by atoms with van der Waals surface area (Å²) in [5.74, 6) is 0.837. The number of carbonyl (C=O) groups is 1. The topological polar surface area (TPSA) is 90.7 Å². The molecule has 20 heavy (non-hydrogen) atoms. The first-order valence-electron chi connectivity index (χ1n) is 6.12. The lowest BCUT2D eigenvalue weighted by Gasteiger charge is -2.06. The Kier molecular flexibility index (Phi) is 4.24. The number of benzene rings is 1. The number of rotatable bonds is 4. The summed E-state index contributed by atoms with van der Waals surface area (Å²) in [4.78, 5) is 11.2. The summed E-state index contributed by atoms with van der Waals surface area (Å²) in [7, 11) is 0. The highest BCUT2D eigenvalue weighted by atomic mass is 16.1. The van der Waals surface area contributed by atoms with Crippen LogP contribution in [0.1, 0.15) is 18.9 Å². The molecule has 1 aromatic carbocycles. The van der Waals surface area contributed by atoms with E-state index in [4.69, 9.17) is 5.26 Å². The fraction of sp³-hybridized carbons (Fsp3) is 0.143. The molecule has 1 aromatic heterocycles. The van der Waals surface area contributed by atoms with E-state index in [0.29, 0.717) is 23.6 Å². The number of aromatic nitrogens is 2. The zero-order chi connectivity index (χ0) is 14.4. The Morgan fingerprint density at radius 2 is 2.00 bits per heavy atom. The van der Waals surface area contributed by atoms with E-state index < -0.39 is 0 Å². The molecule has 1 heterocycles. The molecule has 0 saturated carbocycles. The smallest absolute Gasteiger partial charge is 0.225 e. The molecule has 100 valence electrons. The van der Waals surface area contributed by atoms with Gasteiger partial charge in [0.2, 0.25) is 5.91 Å². The van der Waals surface area contributed by atoms with Gasteiger partial charge in [-0.25, -0.2) is 0 Å². The van der Waals surface area contributed by atoms with E-state index in [0.717, 1.165) is 5.69 Å². The molecule has 0 unspecified atom stereocenters. The van der Waals surface area contributed by atoms with Crippen molar-refractivity contribution in [1.29, 1.82) is 5.26 Å². The van der Waals surface area contributed by atoms with Gasteiger partial charge in [0.05, 0.1) is 11.6 Å². The van der Waals surface area contributed by atoms with E-state index in [1.807, 2.05) is 6.07 Å². The Morgan fingerprint density at radius 3 is 2.65 bits per heavy atom. The van der Waals surface area contributed by atoms with Gasteiger partial charge in [-0.2, -0.15) is 5.26 Å². The molecule has 0 aliphatic carbocycles. The summed E-state index contributed by atoms with van der Waals surface area (Å²) in [5, 5.41) is 22.3. The SMILES string of the molecule is CCC(=O)Nc1ccc(Nc2cccc(C#N)c2)nn1. The molecular weight excluding hydrogens is 254 g/mol. The molecule has 0 spiro atoms. The van der Waals surface area contributed by atoms with Crippen LogP contribution in [0.2, 0.25) is 0 Å². The van der Waals surface area contributed by atoms with Gasteiger partial charge in [-0.3, -0.25) is 4.79 Å². The van der Waals surface area contributed by atoms with Gasteiger partial charge < -0.3 is 10.6 Å². The van der Waals surface area contributed by atoms with Gasteiger partial charge in [0, 0.05) is 12.1 Å². The van der Waals surface area contributed by atoms with Gasteiger partial charge in [0.25, 0.3) is 0 Å². The Bertz CT molecular complexity index is 645. The van der Waals surface area contributed by atoms with E-state index in [1.54, 1.807) is 37.3 Å². The van der Waals surface area contributed by atoms with Crippen molar-refractivity contribution in [1.82, 2.24) is 10.2 Å². The Morgan fingerprint density at radius 1 is 1.25 bits per heavy atom. The van der Waals surface area contributed by atoms with Crippen LogP contribution in [0, 0.1) is 11.3 Å². The van der Waals surface area contributed by atoms with Crippen molar-refractivity contribution in [3.63, 3.8) is 0 Å². The normalized spacial score (nSPS) is 9.60. The van der Waals surface area contributed by atoms with Crippen LogP contribution in [0.3, 0.4) is 0 Å². The van der Waals surface area contributed by atoms with Gasteiger partial charge in [-0.1, -0.05) is 13.0 Å². The highest BCUT2D eigenvalue weighted by molar-refractivity contribution is 5.89. The van der Waals surface area contributed by atoms with Crippen molar-refractivity contribution in [3.05, 3.63) is 42.0 Å². The number of carbonyl (C=O) groups excluding carboxylic acids is 1. The van der Waals surface area contributed by atoms with Gasteiger partial charge in [-0.05, 0) is 30.3 Å². The van der Waals surface area contributed by atoms with Gasteiger partial charge in [0.15, 0.2) is 11.6 Å². The molecule has 2 N–H and O–H groups in total. The van der Waals surface area contributed by atoms with Crippen LogP contribution in [0.25, 0.3) is 0 Å². The van der Waals surface area contributed by atoms with Crippen molar-refractivity contribution >= 4 is 23.2 Å². The number of nitrogens with zero attached hydrogens (tertiary/aromatic N) is 3. The van der Waals surface area contributed by atoms with Gasteiger partial charge in [-0.15, -0.1) is 10.2 Å². The lowest BCUT2D eigenvalue weighted by Crippen LogP contribution is -2.11. The lowest BCUT2D eigenvalue weighted by molar-refractivity contribution is -0.115. The second kappa shape index (κ2) is 6.29. The maximum Gasteiger partial charge on any atom is 0.225 e. The Balaban J connectivity index is 2.07. The molecule has 0 atom stereocenters. The van der Waals surface area contributed by atoms with Crippen LogP contribution in [0.4, 0.5) is 17.3 Å². The first-order valence-corrected chi connectivity index (χ1v) is 6.12. The molecule has 0 aliphatic heterocycles. The Hall–Kier alpha value is -2.94. The maximum absolute atomic E-state index is 11.2. The average Bonchev–Trinajstić information content (AvgIpc) is 2.49. The molecule has 1 amide bonds. The van der Waals surface area contributed by atoms with Crippen molar-refractivity contribution < 1.29 is 4.79 Å². The Labute approximate surface area is 116 Å². The number of hydrogen-bond acceptors (Lipinski definition) is 5. The largest absolute Gasteiger partial charge is 0.339 e. The number of anilines is 3. The van der Waals surface area contributed by atoms with E-state index >= 15 is 0 Å². The summed E-state index contributed by atoms with van der Waals surface area (Å²) in [6.45, 7) is 1.76. The monoisotopic (exact) mass is 267 g/mol. The highest BCUT2D eigenvalue weighted by Crippen LogP contribution is 2.16. The standard InChI is InChI=1S/C14H13N5O/c1-2-14(20)17-13-7-6-12(18-19-13)16-11-5-3-4-10(8-11)9-15/h3-8H,2H2,1H3,(H,16,18)(H,17,19,20). The van der Waals surface area contributed by atoms with Crippen LogP contribution in [-0.2, 0) is 4.79 Å². The molecule has 6 nitrogen and oxygen atoms in total. The number of nitrogens with one attached hydrogen (secondary N) is 2. The van der Waals surface area contributed by atoms with Crippen molar-refractivity contribution in [2.45, 2.75) is 13.3 Å². The van der Waals surface area contributed by atoms with Crippen molar-refractivity contribution in [3.8, 4) is 6.07 Å². The minimum atomic E-state index is -0.110. The van der Waals surface area contributed by atoms with Crippen LogP contribution in [0.15, 0.2) is 36.4 Å². The number of hydrogen-bond donors (Lipinski definition) is 2. The molecule has 0 bridgehead atoms. The first-order chi connectivity index (χ1) is 9.71. The third kappa shape index (κ3) is 3.53. The molecule has 6 heteroatoms. The molecule has 0 fully saturated rings. The second-order valence-electron chi connectivity index (χ2n) is 4.02. The minimum Gasteiger partial charge on any atom is -0.339 e. The molecule has 2 aromatic rings. The zero-order valence-electron chi connectivity index (χ0n) is 10.9. The number of nitriles is 1. The first kappa shape index (κ1) is 13.5. The minimum absolute atomic E-state index is 0.110. The predicted octanol–water partition coefficient (Wildman–Crippen LogP) is 2.44. The van der Waals surface area contributed by atoms with Crippen molar-refractivity contribution in [2.24, 2.45) is 0 Å². The molecule has 0 saturated heterocycles. The maximum atomic E-state index is 11.2. The third-order valence-corrected chi connectivity index (χ3v) is 2.52. The highest BCUT2D eigenvalue weighted by Gasteiger charge is 2.02. The lowest BCUT2D eigenvalue weighted by atomic mass is 10.2. The van der Waals surface area contributed by atoms with E-state index in [-0.39, 0.29) is 5.91 Å². The van der Waals surface area contributed by atoms with Crippen LogP contribution < -0.4 is 10.6 Å². The summed E-state index contributed by atoms with van der Waals surface area (Å²) in [6.07, 6.45) is 0.392. The second-order valence-corrected chi connectivity index (χ2v) is 4.02. The van der Waals surface area contributed by atoms with E-state index in [2.05, 4.69) is 26.9 Å². The fourth-order valence-electron chi connectivity index (χ4n) is 1.51. The van der Waals surface area contributed by atoms with Crippen LogP contribution >= 0.6 is 0 Å². The van der Waals surface area contributed by atoms with E-state index in [1.165, 1.54) is 0 Å². The quantitative estimate of drug-likeness (QED) is 0.887. The fourth-order valence-corrected chi connectivity index (χ4v) is 1.51. The van der Waals surface area contributed by atoms with E-state index in [9.17, 15) is 4.79 Å². The molecule has 2 rings (SSSR count). The van der Waals surface area contributed by atoms with Crippen molar-refractivity contribution in [2.75, 3.05) is 10.6 Å². The predicted molar refractivity (Wildman–Crippen MR) is 75.4 cm³/mol. The summed E-state index contributed by atoms with van der Waals surface area (Å²) in [6, 6.07) is 12.5. The molecule has 0 radical (unpaired) electrons. The molecular formula is C14H13N5O. The number of amides is 1. The van der Waals surface area contributed by atoms with Crippen LogP contribution in [0.5, 0.6) is 0 Å². The third-order valence-electron chi connectivity index (χ3n) is 2.52. The molecule has 0 aliphatic rings. The van der Waals surface area contributed by atoms with Gasteiger partial charge in [0.1, 0.15) is 0 Å². The van der Waals surface area contributed by atoms with Gasteiger partial charge >= 0.3 is 0 Å². The summed E-state index contributed by atoms with van der Waals surface area (Å²) in [5.41, 5.74) is 1.32. The van der Waals surface area contributed by atoms with Crippen LogP contribution in [-0.4, -0.2) is 16.1 Å².